The van der Waals surface area contributed by atoms with Crippen molar-refractivity contribution in [3.63, 3.8) is 0 Å². The number of benzene rings is 2. The Labute approximate surface area is 186 Å². The van der Waals surface area contributed by atoms with Gasteiger partial charge in [0.1, 0.15) is 23.4 Å². The average molecular weight is 434 g/mol. The maximum Gasteiger partial charge on any atom is 0.258 e. The van der Waals surface area contributed by atoms with Gasteiger partial charge in [0.2, 0.25) is 0 Å². The Kier molecular flexibility index (Phi) is 6.11. The molecular weight excluding hydrogens is 406 g/mol. The van der Waals surface area contributed by atoms with Gasteiger partial charge in [-0.05, 0) is 31.0 Å². The van der Waals surface area contributed by atoms with Crippen LogP contribution in [0.5, 0.6) is 11.5 Å². The predicted octanol–water partition coefficient (Wildman–Crippen LogP) is 4.07. The number of imidazole rings is 1. The van der Waals surface area contributed by atoms with E-state index < -0.39 is 0 Å². The molecule has 0 radical (unpaired) electrons. The molecule has 0 saturated carbocycles. The van der Waals surface area contributed by atoms with E-state index in [9.17, 15) is 4.79 Å². The number of carbonyl (C=O) groups is 1. The van der Waals surface area contributed by atoms with Crippen LogP contribution in [0.4, 0.5) is 0 Å². The summed E-state index contributed by atoms with van der Waals surface area (Å²) in [5.41, 5.74) is 5.07. The third kappa shape index (κ3) is 3.91. The van der Waals surface area contributed by atoms with Crippen LogP contribution in [0, 0.1) is 0 Å². The summed E-state index contributed by atoms with van der Waals surface area (Å²) in [6.07, 6.45) is 6.49. The van der Waals surface area contributed by atoms with Gasteiger partial charge in [-0.25, -0.2) is 4.98 Å². The molecule has 2 aromatic heterocycles. The van der Waals surface area contributed by atoms with Gasteiger partial charge in [-0.15, -0.1) is 0 Å². The van der Waals surface area contributed by atoms with E-state index in [4.69, 9.17) is 9.47 Å². The van der Waals surface area contributed by atoms with E-state index in [1.807, 2.05) is 52.8 Å². The SMILES string of the molecule is CCCNC(=O)c1c(OC)cc(-n2cnc3cc(-c4cnn(CC)c4)ccc32)cc1OC. The largest absolute Gasteiger partial charge is 0.496 e. The number of nitrogens with zero attached hydrogens (tertiary/aromatic N) is 4. The highest BCUT2D eigenvalue weighted by molar-refractivity contribution is 6.00. The summed E-state index contributed by atoms with van der Waals surface area (Å²) in [4.78, 5) is 17.3. The van der Waals surface area contributed by atoms with E-state index in [0.717, 1.165) is 40.8 Å². The molecule has 0 fully saturated rings. The van der Waals surface area contributed by atoms with Crippen LogP contribution in [0.3, 0.4) is 0 Å². The van der Waals surface area contributed by atoms with Crippen molar-refractivity contribution >= 4 is 16.9 Å². The first-order chi connectivity index (χ1) is 15.6. The molecule has 0 unspecified atom stereocenters. The summed E-state index contributed by atoms with van der Waals surface area (Å²) in [7, 11) is 3.09. The lowest BCUT2D eigenvalue weighted by Gasteiger charge is -2.16. The van der Waals surface area contributed by atoms with Gasteiger partial charge >= 0.3 is 0 Å². The number of methoxy groups -OCH3 is 2. The van der Waals surface area contributed by atoms with Crippen molar-refractivity contribution in [2.24, 2.45) is 0 Å². The number of aromatic nitrogens is 4. The van der Waals surface area contributed by atoms with Crippen LogP contribution in [0.15, 0.2) is 49.1 Å². The average Bonchev–Trinajstić information content (AvgIpc) is 3.48. The Morgan fingerprint density at radius 1 is 1.06 bits per heavy atom. The van der Waals surface area contributed by atoms with Crippen molar-refractivity contribution in [2.45, 2.75) is 26.8 Å². The smallest absolute Gasteiger partial charge is 0.258 e. The highest BCUT2D eigenvalue weighted by atomic mass is 16.5. The van der Waals surface area contributed by atoms with Crippen LogP contribution in [-0.4, -0.2) is 46.0 Å². The number of rotatable bonds is 8. The van der Waals surface area contributed by atoms with Gasteiger partial charge in [-0.1, -0.05) is 13.0 Å². The number of ether oxygens (including phenoxy) is 2. The van der Waals surface area contributed by atoms with Gasteiger partial charge in [0.25, 0.3) is 5.91 Å². The maximum absolute atomic E-state index is 12.7. The van der Waals surface area contributed by atoms with Crippen LogP contribution in [0.1, 0.15) is 30.6 Å². The molecule has 4 rings (SSSR count). The normalized spacial score (nSPS) is 11.0. The minimum absolute atomic E-state index is 0.222. The van der Waals surface area contributed by atoms with Crippen molar-refractivity contribution in [1.82, 2.24) is 24.6 Å². The maximum atomic E-state index is 12.7. The number of amides is 1. The lowest BCUT2D eigenvalue weighted by Crippen LogP contribution is -2.25. The van der Waals surface area contributed by atoms with Crippen molar-refractivity contribution in [1.29, 1.82) is 0 Å². The van der Waals surface area contributed by atoms with E-state index in [2.05, 4.69) is 28.4 Å². The number of hydrogen-bond acceptors (Lipinski definition) is 5. The molecule has 8 nitrogen and oxygen atoms in total. The molecule has 166 valence electrons. The van der Waals surface area contributed by atoms with Gasteiger partial charge in [0.15, 0.2) is 0 Å². The topological polar surface area (TPSA) is 83.2 Å². The van der Waals surface area contributed by atoms with E-state index in [0.29, 0.717) is 23.6 Å². The Morgan fingerprint density at radius 3 is 2.44 bits per heavy atom. The highest BCUT2D eigenvalue weighted by Crippen LogP contribution is 2.34. The molecule has 0 aliphatic carbocycles. The van der Waals surface area contributed by atoms with Crippen molar-refractivity contribution < 1.29 is 14.3 Å². The Morgan fingerprint density at radius 2 is 1.81 bits per heavy atom. The van der Waals surface area contributed by atoms with Gasteiger partial charge in [-0.3, -0.25) is 14.0 Å². The Hall–Kier alpha value is -3.81. The molecular formula is C24H27N5O3. The number of hydrogen-bond donors (Lipinski definition) is 1. The fourth-order valence-corrected chi connectivity index (χ4v) is 3.67. The lowest BCUT2D eigenvalue weighted by atomic mass is 10.1. The van der Waals surface area contributed by atoms with Crippen LogP contribution < -0.4 is 14.8 Å². The summed E-state index contributed by atoms with van der Waals surface area (Å²) in [6, 6.07) is 9.78. The molecule has 2 aromatic carbocycles. The predicted molar refractivity (Wildman–Crippen MR) is 124 cm³/mol. The van der Waals surface area contributed by atoms with Crippen LogP contribution in [0.25, 0.3) is 27.8 Å². The third-order valence-electron chi connectivity index (χ3n) is 5.37. The molecule has 2 heterocycles. The molecule has 1 amide bonds. The van der Waals surface area contributed by atoms with Crippen LogP contribution in [-0.2, 0) is 6.54 Å². The van der Waals surface area contributed by atoms with Crippen molar-refractivity contribution in [3.05, 3.63) is 54.6 Å². The minimum atomic E-state index is -0.222. The second-order valence-electron chi connectivity index (χ2n) is 7.38. The molecule has 4 aromatic rings. The number of aryl methyl sites for hydroxylation is 1. The quantitative estimate of drug-likeness (QED) is 0.453. The summed E-state index contributed by atoms with van der Waals surface area (Å²) in [6.45, 7) is 5.47. The summed E-state index contributed by atoms with van der Waals surface area (Å²) < 4.78 is 14.9. The molecule has 1 N–H and O–H groups in total. The standard InChI is InChI=1S/C24H27N5O3/c1-5-9-25-24(30)23-21(31-3)11-18(12-22(23)32-4)29-15-26-19-10-16(7-8-20(19)29)17-13-27-28(6-2)14-17/h7-8,10-15H,5-6,9H2,1-4H3,(H,25,30). The molecule has 0 spiro atoms. The van der Waals surface area contributed by atoms with Crippen LogP contribution >= 0.6 is 0 Å². The first kappa shape index (κ1) is 21.4. The molecule has 32 heavy (non-hydrogen) atoms. The first-order valence-electron chi connectivity index (χ1n) is 10.6. The molecule has 0 aliphatic rings. The van der Waals surface area contributed by atoms with Crippen LogP contribution in [0.2, 0.25) is 0 Å². The van der Waals surface area contributed by atoms with E-state index >= 15 is 0 Å². The molecule has 0 atom stereocenters. The zero-order valence-corrected chi connectivity index (χ0v) is 18.8. The van der Waals surface area contributed by atoms with Crippen molar-refractivity contribution in [3.8, 4) is 28.3 Å². The minimum Gasteiger partial charge on any atom is -0.496 e. The zero-order chi connectivity index (χ0) is 22.7. The van der Waals surface area contributed by atoms with Gasteiger partial charge in [-0.2, -0.15) is 5.10 Å². The van der Waals surface area contributed by atoms with E-state index in [-0.39, 0.29) is 5.91 Å². The number of carbonyl (C=O) groups excluding carboxylic acids is 1. The monoisotopic (exact) mass is 433 g/mol. The lowest BCUT2D eigenvalue weighted by molar-refractivity contribution is 0.0947. The van der Waals surface area contributed by atoms with E-state index in [1.165, 1.54) is 0 Å². The Bertz CT molecular complexity index is 1230. The summed E-state index contributed by atoms with van der Waals surface area (Å²) in [5.74, 6) is 0.664. The van der Waals surface area contributed by atoms with Gasteiger partial charge in [0, 0.05) is 37.0 Å². The Balaban J connectivity index is 1.75. The molecule has 0 bridgehead atoms. The third-order valence-corrected chi connectivity index (χ3v) is 5.37. The van der Waals surface area contributed by atoms with E-state index in [1.54, 1.807) is 20.5 Å². The highest BCUT2D eigenvalue weighted by Gasteiger charge is 2.21. The molecule has 0 aliphatic heterocycles. The fourth-order valence-electron chi connectivity index (χ4n) is 3.67. The first-order valence-corrected chi connectivity index (χ1v) is 10.6. The van der Waals surface area contributed by atoms with Gasteiger partial charge in [0.05, 0.1) is 37.1 Å². The number of nitrogens with one attached hydrogen (secondary N) is 1. The fraction of sp³-hybridized carbons (Fsp3) is 0.292. The summed E-state index contributed by atoms with van der Waals surface area (Å²) in [5, 5.41) is 7.24. The summed E-state index contributed by atoms with van der Waals surface area (Å²) >= 11 is 0. The molecule has 8 heteroatoms. The van der Waals surface area contributed by atoms with Gasteiger partial charge < -0.3 is 14.8 Å². The molecule has 0 saturated heterocycles. The zero-order valence-electron chi connectivity index (χ0n) is 18.8. The van der Waals surface area contributed by atoms with Crippen molar-refractivity contribution in [2.75, 3.05) is 20.8 Å². The number of fused-ring (bicyclic) bond motifs is 1. The second-order valence-corrected chi connectivity index (χ2v) is 7.38. The second kappa shape index (κ2) is 9.13.